The lowest BCUT2D eigenvalue weighted by atomic mass is 9.99. The first-order chi connectivity index (χ1) is 15.5. The molecule has 0 aliphatic carbocycles. The lowest BCUT2D eigenvalue weighted by Gasteiger charge is -2.36. The number of carbonyl (C=O) groups is 1. The molecule has 32 heavy (non-hydrogen) atoms. The van der Waals surface area contributed by atoms with E-state index >= 15 is 0 Å². The Balaban J connectivity index is 1.50. The molecule has 0 saturated carbocycles. The molecule has 1 aromatic carbocycles. The van der Waals surface area contributed by atoms with Crippen LogP contribution in [0.4, 0.5) is 15.9 Å². The van der Waals surface area contributed by atoms with E-state index in [1.165, 1.54) is 6.07 Å². The monoisotopic (exact) mass is 440 g/mol. The van der Waals surface area contributed by atoms with Crippen LogP contribution in [0.1, 0.15) is 48.8 Å². The summed E-state index contributed by atoms with van der Waals surface area (Å²) in [7, 11) is 5.82. The van der Waals surface area contributed by atoms with Crippen molar-refractivity contribution < 1.29 is 9.18 Å². The summed E-state index contributed by atoms with van der Waals surface area (Å²) in [5.41, 5.74) is 2.76. The Morgan fingerprint density at radius 1 is 1.25 bits per heavy atom. The van der Waals surface area contributed by atoms with Gasteiger partial charge in [0.1, 0.15) is 11.6 Å². The van der Waals surface area contributed by atoms with E-state index < -0.39 is 0 Å². The molecule has 2 aliphatic rings. The second-order valence-corrected chi connectivity index (χ2v) is 8.82. The molecule has 1 aromatic heterocycles. The van der Waals surface area contributed by atoms with Crippen molar-refractivity contribution in [2.45, 2.75) is 44.7 Å². The third-order valence-corrected chi connectivity index (χ3v) is 6.55. The number of nitrogens with one attached hydrogen (secondary N) is 1. The maximum atomic E-state index is 14.1. The van der Waals surface area contributed by atoms with Crippen LogP contribution in [-0.2, 0) is 17.8 Å². The van der Waals surface area contributed by atoms with Gasteiger partial charge in [-0.2, -0.15) is 0 Å². The second-order valence-electron chi connectivity index (χ2n) is 8.82. The number of rotatable bonds is 6. The largest absolute Gasteiger partial charge is 0.373 e. The molecule has 7 nitrogen and oxygen atoms in total. The van der Waals surface area contributed by atoms with Crippen LogP contribution in [0.15, 0.2) is 24.3 Å². The van der Waals surface area contributed by atoms with Crippen LogP contribution < -0.4 is 10.2 Å². The highest BCUT2D eigenvalue weighted by atomic mass is 19.1. The van der Waals surface area contributed by atoms with E-state index in [9.17, 15) is 9.18 Å². The standard InChI is InChI=1S/C24H33FN6O/c1-26-23-17-16-29(2)14-11-19(17)27-24(28-23)21-10-6-7-13-31(21)22(32)12-15-30(3)20-9-5-4-8-18(20)25/h4-5,8-9,21H,6-7,10-16H2,1-3H3,(H,26,27,28)/t21-/m0/s1. The number of fused-ring (bicyclic) bond motifs is 1. The van der Waals surface area contributed by atoms with Crippen molar-refractivity contribution in [1.82, 2.24) is 19.8 Å². The van der Waals surface area contributed by atoms with Crippen LogP contribution in [-0.4, -0.2) is 66.5 Å². The molecule has 3 heterocycles. The van der Waals surface area contributed by atoms with Gasteiger partial charge in [-0.05, 0) is 38.4 Å². The van der Waals surface area contributed by atoms with Gasteiger partial charge in [-0.3, -0.25) is 4.79 Å². The average molecular weight is 441 g/mol. The van der Waals surface area contributed by atoms with Gasteiger partial charge in [0, 0.05) is 58.7 Å². The average Bonchev–Trinajstić information content (AvgIpc) is 2.82. The highest BCUT2D eigenvalue weighted by Gasteiger charge is 2.32. The van der Waals surface area contributed by atoms with Crippen molar-refractivity contribution in [2.75, 3.05) is 51.0 Å². The number of hydrogen-bond donors (Lipinski definition) is 1. The highest BCUT2D eigenvalue weighted by molar-refractivity contribution is 5.77. The zero-order valence-corrected chi connectivity index (χ0v) is 19.3. The Morgan fingerprint density at radius 3 is 2.84 bits per heavy atom. The molecule has 1 fully saturated rings. The van der Waals surface area contributed by atoms with E-state index in [0.717, 1.165) is 61.7 Å². The Labute approximate surface area is 189 Å². The van der Waals surface area contributed by atoms with Crippen molar-refractivity contribution in [2.24, 2.45) is 0 Å². The summed E-state index contributed by atoms with van der Waals surface area (Å²) >= 11 is 0. The van der Waals surface area contributed by atoms with Gasteiger partial charge < -0.3 is 20.0 Å². The number of hydrogen-bond acceptors (Lipinski definition) is 6. The Morgan fingerprint density at radius 2 is 2.06 bits per heavy atom. The fourth-order valence-corrected chi connectivity index (χ4v) is 4.71. The number of para-hydroxylation sites is 1. The fourth-order valence-electron chi connectivity index (χ4n) is 4.71. The molecular formula is C24H33FN6O. The molecule has 2 aliphatic heterocycles. The first-order valence-electron chi connectivity index (χ1n) is 11.5. The van der Waals surface area contributed by atoms with E-state index in [4.69, 9.17) is 9.97 Å². The van der Waals surface area contributed by atoms with Gasteiger partial charge in [-0.25, -0.2) is 14.4 Å². The predicted molar refractivity (Wildman–Crippen MR) is 124 cm³/mol. The number of piperidine rings is 1. The molecule has 1 amide bonds. The van der Waals surface area contributed by atoms with Gasteiger partial charge in [-0.15, -0.1) is 0 Å². The number of benzene rings is 1. The van der Waals surface area contributed by atoms with Crippen molar-refractivity contribution in [3.63, 3.8) is 0 Å². The number of nitrogens with zero attached hydrogens (tertiary/aromatic N) is 5. The molecule has 4 rings (SSSR count). The van der Waals surface area contributed by atoms with E-state index in [2.05, 4.69) is 17.3 Å². The molecular weight excluding hydrogens is 407 g/mol. The fraction of sp³-hybridized carbons (Fsp3) is 0.542. The van der Waals surface area contributed by atoms with Crippen LogP contribution in [0.2, 0.25) is 0 Å². The van der Waals surface area contributed by atoms with Crippen molar-refractivity contribution >= 4 is 17.4 Å². The van der Waals surface area contributed by atoms with E-state index in [1.54, 1.807) is 17.0 Å². The third-order valence-electron chi connectivity index (χ3n) is 6.55. The molecule has 0 radical (unpaired) electrons. The lowest BCUT2D eigenvalue weighted by molar-refractivity contribution is -0.135. The number of likely N-dealkylation sites (N-methyl/N-ethyl adjacent to an activating group) is 1. The summed E-state index contributed by atoms with van der Waals surface area (Å²) in [5.74, 6) is 1.41. The molecule has 0 bridgehead atoms. The number of anilines is 2. The molecule has 8 heteroatoms. The lowest BCUT2D eigenvalue weighted by Crippen LogP contribution is -2.41. The first kappa shape index (κ1) is 22.5. The number of carbonyl (C=O) groups excluding carboxylic acids is 1. The summed E-state index contributed by atoms with van der Waals surface area (Å²) in [4.78, 5) is 29.0. The summed E-state index contributed by atoms with van der Waals surface area (Å²) < 4.78 is 14.1. The predicted octanol–water partition coefficient (Wildman–Crippen LogP) is 3.23. The summed E-state index contributed by atoms with van der Waals surface area (Å²) in [5, 5.41) is 3.24. The van der Waals surface area contributed by atoms with Gasteiger partial charge >= 0.3 is 0 Å². The molecule has 172 valence electrons. The van der Waals surface area contributed by atoms with Gasteiger partial charge in [-0.1, -0.05) is 12.1 Å². The van der Waals surface area contributed by atoms with Gasteiger partial charge in [0.2, 0.25) is 5.91 Å². The smallest absolute Gasteiger partial charge is 0.224 e. The van der Waals surface area contributed by atoms with Crippen LogP contribution in [0.5, 0.6) is 0 Å². The maximum absolute atomic E-state index is 14.1. The molecule has 1 N–H and O–H groups in total. The van der Waals surface area contributed by atoms with Crippen LogP contribution in [0.3, 0.4) is 0 Å². The molecule has 0 unspecified atom stereocenters. The summed E-state index contributed by atoms with van der Waals surface area (Å²) in [6.07, 6.45) is 4.14. The highest BCUT2D eigenvalue weighted by Crippen LogP contribution is 2.32. The maximum Gasteiger partial charge on any atom is 0.224 e. The SMILES string of the molecule is CNc1nc([C@@H]2CCCCN2C(=O)CCN(C)c2ccccc2F)nc2c1CN(C)CC2. The zero-order chi connectivity index (χ0) is 22.7. The number of aromatic nitrogens is 2. The van der Waals surface area contributed by atoms with Gasteiger partial charge in [0.15, 0.2) is 5.82 Å². The molecule has 1 saturated heterocycles. The quantitative estimate of drug-likeness (QED) is 0.744. The van der Waals surface area contributed by atoms with Gasteiger partial charge in [0.25, 0.3) is 0 Å². The minimum absolute atomic E-state index is 0.0740. The number of halogens is 1. The van der Waals surface area contributed by atoms with Gasteiger partial charge in [0.05, 0.1) is 17.4 Å². The van der Waals surface area contributed by atoms with Crippen molar-refractivity contribution in [3.8, 4) is 0 Å². The zero-order valence-electron chi connectivity index (χ0n) is 19.3. The minimum Gasteiger partial charge on any atom is -0.373 e. The normalized spacial score (nSPS) is 18.9. The Hall–Kier alpha value is -2.74. The topological polar surface area (TPSA) is 64.6 Å². The molecule has 1 atom stereocenters. The van der Waals surface area contributed by atoms with Crippen molar-refractivity contribution in [3.05, 3.63) is 47.2 Å². The van der Waals surface area contributed by atoms with E-state index in [-0.39, 0.29) is 17.8 Å². The van der Waals surface area contributed by atoms with E-state index in [1.807, 2.05) is 25.1 Å². The van der Waals surface area contributed by atoms with Crippen molar-refractivity contribution in [1.29, 1.82) is 0 Å². The molecule has 2 aromatic rings. The summed E-state index contributed by atoms with van der Waals surface area (Å²) in [6, 6.07) is 6.56. The van der Waals surface area contributed by atoms with Crippen LogP contribution in [0.25, 0.3) is 0 Å². The number of amides is 1. The minimum atomic E-state index is -0.272. The summed E-state index contributed by atoms with van der Waals surface area (Å²) in [6.45, 7) is 2.98. The van der Waals surface area contributed by atoms with Crippen LogP contribution >= 0.6 is 0 Å². The Kier molecular flexibility index (Phi) is 6.89. The van der Waals surface area contributed by atoms with E-state index in [0.29, 0.717) is 25.2 Å². The Bertz CT molecular complexity index is 950. The second kappa shape index (κ2) is 9.81. The molecule has 0 spiro atoms. The number of likely N-dealkylation sites (tertiary alicyclic amines) is 1. The first-order valence-corrected chi connectivity index (χ1v) is 11.5. The van der Waals surface area contributed by atoms with Crippen LogP contribution in [0, 0.1) is 5.82 Å². The third kappa shape index (κ3) is 4.70.